The SMILES string of the molecule is CCCCCOc1ccc(/C=N\S(=O)(=O)c2ccc(C)cc2)cc1OC. The first-order chi connectivity index (χ1) is 12.5. The largest absolute Gasteiger partial charge is 0.493 e. The average molecular weight is 375 g/mol. The molecule has 0 aliphatic carbocycles. The molecule has 0 fully saturated rings. The van der Waals surface area contributed by atoms with Crippen LogP contribution in [0.25, 0.3) is 0 Å². The summed E-state index contributed by atoms with van der Waals surface area (Å²) in [6.45, 7) is 4.66. The fourth-order valence-electron chi connectivity index (χ4n) is 2.32. The van der Waals surface area contributed by atoms with Crippen LogP contribution in [-0.4, -0.2) is 28.3 Å². The van der Waals surface area contributed by atoms with Crippen molar-refractivity contribution in [1.29, 1.82) is 0 Å². The second kappa shape index (κ2) is 9.38. The summed E-state index contributed by atoms with van der Waals surface area (Å²) in [5, 5.41) is 0. The number of hydrogen-bond donors (Lipinski definition) is 0. The van der Waals surface area contributed by atoms with Crippen LogP contribution in [0.2, 0.25) is 0 Å². The van der Waals surface area contributed by atoms with Gasteiger partial charge in [-0.2, -0.15) is 12.8 Å². The van der Waals surface area contributed by atoms with Gasteiger partial charge in [0.2, 0.25) is 0 Å². The van der Waals surface area contributed by atoms with Gasteiger partial charge in [0.1, 0.15) is 0 Å². The van der Waals surface area contributed by atoms with E-state index in [4.69, 9.17) is 9.47 Å². The van der Waals surface area contributed by atoms with Crippen molar-refractivity contribution in [1.82, 2.24) is 0 Å². The van der Waals surface area contributed by atoms with Gasteiger partial charge in [-0.1, -0.05) is 37.5 Å². The Bertz CT molecular complexity index is 843. The predicted molar refractivity (Wildman–Crippen MR) is 104 cm³/mol. The molecule has 2 aromatic rings. The van der Waals surface area contributed by atoms with Crippen LogP contribution in [0, 0.1) is 6.92 Å². The number of ether oxygens (including phenoxy) is 2. The number of unbranched alkanes of at least 4 members (excludes halogenated alkanes) is 2. The van der Waals surface area contributed by atoms with Crippen molar-refractivity contribution >= 4 is 16.2 Å². The van der Waals surface area contributed by atoms with E-state index in [1.165, 1.54) is 6.21 Å². The summed E-state index contributed by atoms with van der Waals surface area (Å²) in [5.41, 5.74) is 1.62. The number of benzene rings is 2. The molecule has 0 atom stereocenters. The van der Waals surface area contributed by atoms with Crippen LogP contribution in [0.3, 0.4) is 0 Å². The molecule has 140 valence electrons. The van der Waals surface area contributed by atoms with Crippen molar-refractivity contribution in [2.75, 3.05) is 13.7 Å². The van der Waals surface area contributed by atoms with Crippen molar-refractivity contribution in [3.05, 3.63) is 53.6 Å². The van der Waals surface area contributed by atoms with E-state index in [1.54, 1.807) is 49.6 Å². The summed E-state index contributed by atoms with van der Waals surface area (Å²) in [5.74, 6) is 1.19. The molecule has 0 N–H and O–H groups in total. The zero-order chi connectivity index (χ0) is 19.0. The number of rotatable bonds is 9. The molecule has 0 saturated heterocycles. The van der Waals surface area contributed by atoms with E-state index < -0.39 is 10.0 Å². The molecule has 0 aliphatic rings. The number of sulfonamides is 1. The minimum Gasteiger partial charge on any atom is -0.493 e. The van der Waals surface area contributed by atoms with Crippen molar-refractivity contribution in [3.8, 4) is 11.5 Å². The topological polar surface area (TPSA) is 65.0 Å². The van der Waals surface area contributed by atoms with Crippen molar-refractivity contribution < 1.29 is 17.9 Å². The van der Waals surface area contributed by atoms with Gasteiger partial charge in [-0.3, -0.25) is 0 Å². The highest BCUT2D eigenvalue weighted by molar-refractivity contribution is 7.90. The van der Waals surface area contributed by atoms with Crippen LogP contribution < -0.4 is 9.47 Å². The van der Waals surface area contributed by atoms with E-state index in [2.05, 4.69) is 11.3 Å². The number of aryl methyl sites for hydroxylation is 1. The zero-order valence-electron chi connectivity index (χ0n) is 15.4. The van der Waals surface area contributed by atoms with Crippen molar-refractivity contribution in [3.63, 3.8) is 0 Å². The molecule has 0 saturated carbocycles. The van der Waals surface area contributed by atoms with Crippen molar-refractivity contribution in [2.24, 2.45) is 4.40 Å². The van der Waals surface area contributed by atoms with Crippen LogP contribution in [0.15, 0.2) is 51.8 Å². The van der Waals surface area contributed by atoms with E-state index in [9.17, 15) is 8.42 Å². The smallest absolute Gasteiger partial charge is 0.282 e. The zero-order valence-corrected chi connectivity index (χ0v) is 16.3. The van der Waals surface area contributed by atoms with Crippen LogP contribution in [0.4, 0.5) is 0 Å². The van der Waals surface area contributed by atoms with E-state index in [1.807, 2.05) is 6.92 Å². The lowest BCUT2D eigenvalue weighted by atomic mass is 10.2. The summed E-state index contributed by atoms with van der Waals surface area (Å²) < 4.78 is 39.4. The minimum atomic E-state index is -3.73. The lowest BCUT2D eigenvalue weighted by Crippen LogP contribution is -2.00. The highest BCUT2D eigenvalue weighted by Gasteiger charge is 2.11. The van der Waals surface area contributed by atoms with Gasteiger partial charge >= 0.3 is 0 Å². The van der Waals surface area contributed by atoms with E-state index in [0.717, 1.165) is 24.8 Å². The maximum Gasteiger partial charge on any atom is 0.282 e. The predicted octanol–water partition coefficient (Wildman–Crippen LogP) is 4.38. The Morgan fingerprint density at radius 1 is 1.04 bits per heavy atom. The third-order valence-corrected chi connectivity index (χ3v) is 5.10. The van der Waals surface area contributed by atoms with Gasteiger partial charge in [0, 0.05) is 6.21 Å². The Labute approximate surface area is 155 Å². The standard InChI is InChI=1S/C20H25NO4S/c1-4-5-6-13-25-19-12-9-17(14-20(19)24-3)15-21-26(22,23)18-10-7-16(2)8-11-18/h7-12,14-15H,4-6,13H2,1-3H3/b21-15-. The van der Waals surface area contributed by atoms with E-state index in [-0.39, 0.29) is 4.90 Å². The van der Waals surface area contributed by atoms with Gasteiger partial charge in [0.25, 0.3) is 10.0 Å². The summed E-state index contributed by atoms with van der Waals surface area (Å²) in [6.07, 6.45) is 4.55. The quantitative estimate of drug-likeness (QED) is 0.482. The van der Waals surface area contributed by atoms with Gasteiger partial charge < -0.3 is 9.47 Å². The summed E-state index contributed by atoms with van der Waals surface area (Å²) in [7, 11) is -2.17. The highest BCUT2D eigenvalue weighted by Crippen LogP contribution is 2.28. The Morgan fingerprint density at radius 3 is 2.42 bits per heavy atom. The molecule has 0 spiro atoms. The number of hydrogen-bond acceptors (Lipinski definition) is 4. The summed E-state index contributed by atoms with van der Waals surface area (Å²) in [4.78, 5) is 0.169. The normalized spacial score (nSPS) is 11.7. The monoisotopic (exact) mass is 375 g/mol. The molecule has 0 aromatic heterocycles. The molecule has 0 amide bonds. The molecule has 2 aromatic carbocycles. The number of methoxy groups -OCH3 is 1. The van der Waals surface area contributed by atoms with Crippen LogP contribution in [0.1, 0.15) is 37.3 Å². The molecule has 0 aliphatic heterocycles. The Hall–Kier alpha value is -2.34. The van der Waals surface area contributed by atoms with Gasteiger partial charge in [0.05, 0.1) is 18.6 Å². The van der Waals surface area contributed by atoms with E-state index >= 15 is 0 Å². The van der Waals surface area contributed by atoms with Crippen LogP contribution >= 0.6 is 0 Å². The van der Waals surface area contributed by atoms with Gasteiger partial charge in [-0.05, 0) is 49.2 Å². The highest BCUT2D eigenvalue weighted by atomic mass is 32.2. The second-order valence-corrected chi connectivity index (χ2v) is 7.62. The Balaban J connectivity index is 2.13. The first kappa shape index (κ1) is 20.0. The van der Waals surface area contributed by atoms with Gasteiger partial charge in [-0.25, -0.2) is 0 Å². The third-order valence-electron chi connectivity index (χ3n) is 3.85. The lowest BCUT2D eigenvalue weighted by Gasteiger charge is -2.11. The fraction of sp³-hybridized carbons (Fsp3) is 0.350. The number of nitrogens with zero attached hydrogens (tertiary/aromatic N) is 1. The van der Waals surface area contributed by atoms with Gasteiger partial charge in [-0.15, -0.1) is 0 Å². The Morgan fingerprint density at radius 2 is 1.77 bits per heavy atom. The molecule has 2 rings (SSSR count). The molecule has 0 radical (unpaired) electrons. The summed E-state index contributed by atoms with van der Waals surface area (Å²) in [6, 6.07) is 11.8. The molecule has 0 heterocycles. The fourth-order valence-corrected chi connectivity index (χ4v) is 3.18. The average Bonchev–Trinajstić information content (AvgIpc) is 2.64. The third kappa shape index (κ3) is 5.59. The first-order valence-electron chi connectivity index (χ1n) is 8.64. The van der Waals surface area contributed by atoms with Crippen LogP contribution in [0.5, 0.6) is 11.5 Å². The molecular formula is C20H25NO4S. The molecule has 26 heavy (non-hydrogen) atoms. The molecule has 5 nitrogen and oxygen atoms in total. The molecule has 6 heteroatoms. The van der Waals surface area contributed by atoms with Gasteiger partial charge in [0.15, 0.2) is 11.5 Å². The van der Waals surface area contributed by atoms with Crippen LogP contribution in [-0.2, 0) is 10.0 Å². The maximum atomic E-state index is 12.3. The summed E-state index contributed by atoms with van der Waals surface area (Å²) >= 11 is 0. The molecule has 0 unspecified atom stereocenters. The lowest BCUT2D eigenvalue weighted by molar-refractivity contribution is 0.286. The van der Waals surface area contributed by atoms with Crippen molar-refractivity contribution in [2.45, 2.75) is 38.0 Å². The Kier molecular flexibility index (Phi) is 7.21. The maximum absolute atomic E-state index is 12.3. The minimum absolute atomic E-state index is 0.169. The molecular weight excluding hydrogens is 350 g/mol. The van der Waals surface area contributed by atoms with E-state index in [0.29, 0.717) is 23.7 Å². The molecule has 0 bridgehead atoms. The second-order valence-electron chi connectivity index (χ2n) is 5.99. The first-order valence-corrected chi connectivity index (χ1v) is 10.1.